The summed E-state index contributed by atoms with van der Waals surface area (Å²) in [6.45, 7) is 2.60. The zero-order valence-corrected chi connectivity index (χ0v) is 9.10. The molecular formula is C8H18N2O2S. The van der Waals surface area contributed by atoms with Crippen LogP contribution >= 0.6 is 0 Å². The van der Waals surface area contributed by atoms with E-state index in [0.717, 1.165) is 25.7 Å². The molecule has 0 spiro atoms. The molecule has 0 aromatic heterocycles. The van der Waals surface area contributed by atoms with E-state index in [1.54, 1.807) is 0 Å². The van der Waals surface area contributed by atoms with Crippen molar-refractivity contribution >= 4 is 10.0 Å². The molecule has 5 heteroatoms. The molecule has 1 aliphatic heterocycles. The van der Waals surface area contributed by atoms with Gasteiger partial charge in [-0.2, -0.15) is 4.31 Å². The van der Waals surface area contributed by atoms with Crippen molar-refractivity contribution in [3.05, 3.63) is 0 Å². The average Bonchev–Trinajstić information content (AvgIpc) is 2.30. The van der Waals surface area contributed by atoms with Crippen LogP contribution in [0.4, 0.5) is 0 Å². The fourth-order valence-corrected chi connectivity index (χ4v) is 3.36. The first kappa shape index (κ1) is 10.9. The molecule has 1 fully saturated rings. The fraction of sp³-hybridized carbons (Fsp3) is 1.00. The Bertz CT molecular complexity index is 276. The molecule has 1 atom stereocenters. The van der Waals surface area contributed by atoms with Crippen LogP contribution in [-0.4, -0.2) is 31.2 Å². The van der Waals surface area contributed by atoms with Gasteiger partial charge in [0.1, 0.15) is 0 Å². The summed E-state index contributed by atoms with van der Waals surface area (Å²) in [6.07, 6.45) is 4.57. The lowest BCUT2D eigenvalue weighted by Gasteiger charge is -2.32. The van der Waals surface area contributed by atoms with E-state index < -0.39 is 15.7 Å². The summed E-state index contributed by atoms with van der Waals surface area (Å²) in [7, 11) is -3.12. The van der Waals surface area contributed by atoms with Crippen LogP contribution in [0.1, 0.15) is 32.6 Å². The Morgan fingerprint density at radius 2 is 2.15 bits per heavy atom. The number of hydrogen-bond donors (Lipinski definition) is 1. The van der Waals surface area contributed by atoms with Gasteiger partial charge in [0.25, 0.3) is 0 Å². The molecule has 0 bridgehead atoms. The SMILES string of the molecule is CCCC1(N)CCCN1S(C)(=O)=O. The summed E-state index contributed by atoms with van der Waals surface area (Å²) in [5.41, 5.74) is 5.44. The van der Waals surface area contributed by atoms with E-state index in [1.165, 1.54) is 10.6 Å². The average molecular weight is 206 g/mol. The molecule has 1 aliphatic rings. The predicted molar refractivity (Wildman–Crippen MR) is 52.6 cm³/mol. The van der Waals surface area contributed by atoms with Crippen LogP contribution < -0.4 is 5.73 Å². The predicted octanol–water partition coefficient (Wildman–Crippen LogP) is 0.497. The Morgan fingerprint density at radius 3 is 2.62 bits per heavy atom. The van der Waals surface area contributed by atoms with Crippen LogP contribution in [0.2, 0.25) is 0 Å². The number of nitrogens with two attached hydrogens (primary N) is 1. The molecule has 1 saturated heterocycles. The van der Waals surface area contributed by atoms with Crippen molar-refractivity contribution in [1.29, 1.82) is 0 Å². The summed E-state index contributed by atoms with van der Waals surface area (Å²) in [5.74, 6) is 0. The van der Waals surface area contributed by atoms with E-state index >= 15 is 0 Å². The van der Waals surface area contributed by atoms with Crippen molar-refractivity contribution in [3.63, 3.8) is 0 Å². The van der Waals surface area contributed by atoms with Crippen molar-refractivity contribution in [2.24, 2.45) is 5.73 Å². The summed E-state index contributed by atoms with van der Waals surface area (Å²) in [5, 5.41) is 0. The highest BCUT2D eigenvalue weighted by Gasteiger charge is 2.41. The second-order valence-corrected chi connectivity index (χ2v) is 5.70. The molecule has 0 aromatic rings. The minimum absolute atomic E-state index is 0.579. The van der Waals surface area contributed by atoms with E-state index in [2.05, 4.69) is 0 Å². The number of nitrogens with zero attached hydrogens (tertiary/aromatic N) is 1. The maximum Gasteiger partial charge on any atom is 0.212 e. The molecule has 1 unspecified atom stereocenters. The van der Waals surface area contributed by atoms with Gasteiger partial charge in [-0.15, -0.1) is 0 Å². The van der Waals surface area contributed by atoms with Gasteiger partial charge in [0.05, 0.1) is 11.9 Å². The van der Waals surface area contributed by atoms with Gasteiger partial charge in [0.15, 0.2) is 0 Å². The molecule has 4 nitrogen and oxygen atoms in total. The maximum absolute atomic E-state index is 11.4. The third-order valence-electron chi connectivity index (χ3n) is 2.55. The Balaban J connectivity index is 2.86. The quantitative estimate of drug-likeness (QED) is 0.731. The number of hydrogen-bond acceptors (Lipinski definition) is 3. The second kappa shape index (κ2) is 3.55. The molecule has 0 amide bonds. The lowest BCUT2D eigenvalue weighted by molar-refractivity contribution is 0.231. The minimum Gasteiger partial charge on any atom is -0.312 e. The van der Waals surface area contributed by atoms with Crippen LogP contribution in [0.15, 0.2) is 0 Å². The Hall–Kier alpha value is -0.130. The summed E-state index contributed by atoms with van der Waals surface area (Å²) in [6, 6.07) is 0. The fourth-order valence-electron chi connectivity index (χ4n) is 2.05. The molecular weight excluding hydrogens is 188 g/mol. The van der Waals surface area contributed by atoms with E-state index in [0.29, 0.717) is 6.54 Å². The first-order valence-corrected chi connectivity index (χ1v) is 6.52. The zero-order chi connectivity index (χ0) is 10.1. The minimum atomic E-state index is -3.12. The van der Waals surface area contributed by atoms with Gasteiger partial charge in [0, 0.05) is 6.54 Å². The van der Waals surface area contributed by atoms with E-state index in [9.17, 15) is 8.42 Å². The zero-order valence-electron chi connectivity index (χ0n) is 8.28. The molecule has 1 heterocycles. The number of rotatable bonds is 3. The maximum atomic E-state index is 11.4. The summed E-state index contributed by atoms with van der Waals surface area (Å²) in [4.78, 5) is 0. The van der Waals surface area contributed by atoms with Gasteiger partial charge in [-0.1, -0.05) is 13.3 Å². The van der Waals surface area contributed by atoms with E-state index in [-0.39, 0.29) is 0 Å². The highest BCUT2D eigenvalue weighted by Crippen LogP contribution is 2.30. The normalized spacial score (nSPS) is 31.0. The van der Waals surface area contributed by atoms with Crippen molar-refractivity contribution < 1.29 is 8.42 Å². The van der Waals surface area contributed by atoms with Gasteiger partial charge >= 0.3 is 0 Å². The Labute approximate surface area is 80.1 Å². The van der Waals surface area contributed by atoms with Crippen molar-refractivity contribution in [2.45, 2.75) is 38.3 Å². The van der Waals surface area contributed by atoms with E-state index in [4.69, 9.17) is 5.73 Å². The van der Waals surface area contributed by atoms with Crippen LogP contribution in [0.25, 0.3) is 0 Å². The topological polar surface area (TPSA) is 63.4 Å². The molecule has 0 aromatic carbocycles. The van der Waals surface area contributed by atoms with Gasteiger partial charge < -0.3 is 5.73 Å². The van der Waals surface area contributed by atoms with Crippen LogP contribution in [-0.2, 0) is 10.0 Å². The molecule has 78 valence electrons. The number of sulfonamides is 1. The van der Waals surface area contributed by atoms with Crippen LogP contribution in [0, 0.1) is 0 Å². The standard InChI is InChI=1S/C8H18N2O2S/c1-3-5-8(9)6-4-7-10(8)13(2,11)12/h3-7,9H2,1-2H3. The first-order valence-electron chi connectivity index (χ1n) is 4.67. The molecule has 0 saturated carbocycles. The molecule has 0 radical (unpaired) electrons. The lowest BCUT2D eigenvalue weighted by Crippen LogP contribution is -2.53. The largest absolute Gasteiger partial charge is 0.312 e. The monoisotopic (exact) mass is 206 g/mol. The first-order chi connectivity index (χ1) is 5.90. The Kier molecular flexibility index (Phi) is 2.99. The molecule has 0 aliphatic carbocycles. The highest BCUT2D eigenvalue weighted by atomic mass is 32.2. The van der Waals surface area contributed by atoms with Crippen LogP contribution in [0.5, 0.6) is 0 Å². The van der Waals surface area contributed by atoms with Gasteiger partial charge in [-0.05, 0) is 19.3 Å². The Morgan fingerprint density at radius 1 is 1.54 bits per heavy atom. The summed E-state index contributed by atoms with van der Waals surface area (Å²) >= 11 is 0. The molecule has 1 rings (SSSR count). The lowest BCUT2D eigenvalue weighted by atomic mass is 10.0. The van der Waals surface area contributed by atoms with Crippen LogP contribution in [0.3, 0.4) is 0 Å². The molecule has 2 N–H and O–H groups in total. The highest BCUT2D eigenvalue weighted by molar-refractivity contribution is 7.88. The molecule has 13 heavy (non-hydrogen) atoms. The second-order valence-electron chi connectivity index (χ2n) is 3.79. The van der Waals surface area contributed by atoms with Gasteiger partial charge in [-0.25, -0.2) is 8.42 Å². The van der Waals surface area contributed by atoms with Crippen molar-refractivity contribution in [2.75, 3.05) is 12.8 Å². The smallest absolute Gasteiger partial charge is 0.212 e. The summed E-state index contributed by atoms with van der Waals surface area (Å²) < 4.78 is 24.2. The third kappa shape index (κ3) is 2.21. The van der Waals surface area contributed by atoms with Gasteiger partial charge in [-0.3, -0.25) is 0 Å². The van der Waals surface area contributed by atoms with Crippen molar-refractivity contribution in [1.82, 2.24) is 4.31 Å². The third-order valence-corrected chi connectivity index (χ3v) is 3.90. The van der Waals surface area contributed by atoms with Gasteiger partial charge in [0.2, 0.25) is 10.0 Å². The van der Waals surface area contributed by atoms with Crippen molar-refractivity contribution in [3.8, 4) is 0 Å². The van der Waals surface area contributed by atoms with E-state index in [1.807, 2.05) is 6.92 Å².